The number of hydrogen-bond acceptors (Lipinski definition) is 7. The normalized spacial score (nSPS) is 31.9. The van der Waals surface area contributed by atoms with E-state index in [0.29, 0.717) is 36.4 Å². The molecule has 1 aromatic rings. The molecule has 4 fully saturated rings. The first-order chi connectivity index (χ1) is 21.0. The van der Waals surface area contributed by atoms with E-state index in [-0.39, 0.29) is 41.9 Å². The van der Waals surface area contributed by atoms with E-state index in [1.54, 1.807) is 6.92 Å². The molecule has 1 aromatic carbocycles. The maximum atomic E-state index is 15.0. The number of sulfonamides is 1. The fourth-order valence-corrected chi connectivity index (χ4v) is 8.34. The van der Waals surface area contributed by atoms with Gasteiger partial charge < -0.3 is 25.2 Å². The summed E-state index contributed by atoms with van der Waals surface area (Å²) in [6, 6.07) is 0.833. The van der Waals surface area contributed by atoms with Crippen molar-refractivity contribution < 1.29 is 54.9 Å². The van der Waals surface area contributed by atoms with E-state index < -0.39 is 75.2 Å². The second kappa shape index (κ2) is 12.2. The van der Waals surface area contributed by atoms with Crippen molar-refractivity contribution in [1.29, 1.82) is 0 Å². The summed E-state index contributed by atoms with van der Waals surface area (Å²) < 4.78 is 89.0. The Bertz CT molecular complexity index is 1450. The van der Waals surface area contributed by atoms with E-state index in [4.69, 9.17) is 9.47 Å². The molecule has 3 saturated carbocycles. The number of hydrogen-bond donors (Lipinski definition) is 3. The Morgan fingerprint density at radius 1 is 1.02 bits per heavy atom. The molecular formula is C29H37F4N3O8S. The van der Waals surface area contributed by atoms with Crippen LogP contribution < -0.4 is 20.1 Å². The zero-order chi connectivity index (χ0) is 32.9. The third-order valence-corrected chi connectivity index (χ3v) is 11.6. The predicted octanol–water partition coefficient (Wildman–Crippen LogP) is 3.43. The molecule has 1 aliphatic heterocycles. The van der Waals surface area contributed by atoms with E-state index >= 15 is 0 Å². The van der Waals surface area contributed by atoms with Crippen LogP contribution in [0.3, 0.4) is 0 Å². The van der Waals surface area contributed by atoms with E-state index in [1.807, 2.05) is 0 Å². The predicted molar refractivity (Wildman–Crippen MR) is 150 cm³/mol. The number of nitrogens with zero attached hydrogens (tertiary/aromatic N) is 1. The van der Waals surface area contributed by atoms with Crippen LogP contribution in [0.1, 0.15) is 68.6 Å². The topological polar surface area (TPSA) is 151 Å². The molecule has 16 heteroatoms. The van der Waals surface area contributed by atoms with Crippen LogP contribution in [0.25, 0.3) is 0 Å². The monoisotopic (exact) mass is 663 g/mol. The number of alkyl halides is 3. The highest BCUT2D eigenvalue weighted by atomic mass is 32.2. The lowest BCUT2D eigenvalue weighted by molar-refractivity contribution is -0.150. The summed E-state index contributed by atoms with van der Waals surface area (Å²) in [5, 5.41) is 15.1. The molecular weight excluding hydrogens is 626 g/mol. The average molecular weight is 664 g/mol. The number of carboxylic acids is 1. The molecule has 1 saturated heterocycles. The molecule has 250 valence electrons. The van der Waals surface area contributed by atoms with Crippen molar-refractivity contribution in [3.05, 3.63) is 23.5 Å². The van der Waals surface area contributed by atoms with E-state index in [9.17, 15) is 45.5 Å². The van der Waals surface area contributed by atoms with Gasteiger partial charge in [0.05, 0.1) is 30.1 Å². The molecule has 0 aromatic heterocycles. The van der Waals surface area contributed by atoms with Crippen LogP contribution in [0.2, 0.25) is 0 Å². The van der Waals surface area contributed by atoms with Crippen LogP contribution in [-0.4, -0.2) is 79.5 Å². The van der Waals surface area contributed by atoms with Gasteiger partial charge in [0.15, 0.2) is 11.6 Å². The Kier molecular flexibility index (Phi) is 9.03. The second-order valence-corrected chi connectivity index (χ2v) is 14.8. The summed E-state index contributed by atoms with van der Waals surface area (Å²) in [5.41, 5.74) is -6.34. The minimum Gasteiger partial charge on any atom is -0.496 e. The van der Waals surface area contributed by atoms with Gasteiger partial charge >= 0.3 is 21.5 Å². The Morgan fingerprint density at radius 2 is 1.69 bits per heavy atom. The highest BCUT2D eigenvalue weighted by Crippen LogP contribution is 2.49. The zero-order valence-corrected chi connectivity index (χ0v) is 25.7. The van der Waals surface area contributed by atoms with Crippen LogP contribution in [0, 0.1) is 29.0 Å². The van der Waals surface area contributed by atoms with Crippen molar-refractivity contribution in [2.45, 2.75) is 82.0 Å². The van der Waals surface area contributed by atoms with Gasteiger partial charge in [-0.25, -0.2) is 12.8 Å². The summed E-state index contributed by atoms with van der Waals surface area (Å²) >= 11 is 0. The quantitative estimate of drug-likeness (QED) is 0.340. The Balaban J connectivity index is 1.27. The van der Waals surface area contributed by atoms with Crippen molar-refractivity contribution in [2.24, 2.45) is 23.2 Å². The summed E-state index contributed by atoms with van der Waals surface area (Å²) in [6.07, 6.45) is 3.19. The zero-order valence-electron chi connectivity index (χ0n) is 24.9. The maximum absolute atomic E-state index is 15.0. The number of aliphatic carboxylic acids is 1. The third kappa shape index (κ3) is 6.44. The molecule has 5 atom stereocenters. The van der Waals surface area contributed by atoms with Crippen LogP contribution in [0.15, 0.2) is 12.1 Å². The lowest BCUT2D eigenvalue weighted by Crippen LogP contribution is -2.52. The van der Waals surface area contributed by atoms with Gasteiger partial charge in [-0.3, -0.25) is 14.4 Å². The first-order valence-electron chi connectivity index (χ1n) is 15.0. The summed E-state index contributed by atoms with van der Waals surface area (Å²) in [6.45, 7) is 0.779. The summed E-state index contributed by atoms with van der Waals surface area (Å²) in [4.78, 5) is 38.6. The number of carboxylic acid groups (broad SMARTS) is 1. The van der Waals surface area contributed by atoms with Gasteiger partial charge in [-0.15, -0.1) is 0 Å². The number of fused-ring (bicyclic) bond motifs is 2. The SMILES string of the molecule is COc1cc(F)c(OC2CCC(C)(C(=O)O)CC2)cc1C(=O)N[C@@H]1[C@H]2CC[C@H](C2)[C@@H]1C(=O)N[C@H]1CCN(S(=O)(=O)C(F)(F)F)C1. The third-order valence-electron chi connectivity index (χ3n) is 9.99. The number of benzene rings is 1. The number of ether oxygens (including phenoxy) is 2. The molecule has 0 spiro atoms. The van der Waals surface area contributed by atoms with Gasteiger partial charge in [0.2, 0.25) is 5.91 Å². The highest BCUT2D eigenvalue weighted by Gasteiger charge is 2.54. The van der Waals surface area contributed by atoms with Crippen molar-refractivity contribution in [1.82, 2.24) is 14.9 Å². The second-order valence-electron chi connectivity index (χ2n) is 12.8. The number of rotatable bonds is 9. The van der Waals surface area contributed by atoms with E-state index in [0.717, 1.165) is 18.9 Å². The number of carbonyl (C=O) groups is 3. The number of amides is 2. The number of methoxy groups -OCH3 is 1. The van der Waals surface area contributed by atoms with Crippen molar-refractivity contribution in [2.75, 3.05) is 20.2 Å². The molecule has 11 nitrogen and oxygen atoms in total. The Labute approximate surface area is 258 Å². The Morgan fingerprint density at radius 3 is 2.31 bits per heavy atom. The smallest absolute Gasteiger partial charge is 0.496 e. The van der Waals surface area contributed by atoms with Crippen LogP contribution in [-0.2, 0) is 19.6 Å². The van der Waals surface area contributed by atoms with E-state index in [1.165, 1.54) is 13.2 Å². The van der Waals surface area contributed by atoms with Gasteiger partial charge in [0.25, 0.3) is 5.91 Å². The summed E-state index contributed by atoms with van der Waals surface area (Å²) in [5.74, 6) is -3.79. The van der Waals surface area contributed by atoms with Gasteiger partial charge in [0.1, 0.15) is 5.75 Å². The molecule has 0 unspecified atom stereocenters. The fourth-order valence-electron chi connectivity index (χ4n) is 7.33. The molecule has 5 rings (SSSR count). The molecule has 0 radical (unpaired) electrons. The largest absolute Gasteiger partial charge is 0.511 e. The van der Waals surface area contributed by atoms with Crippen LogP contribution >= 0.6 is 0 Å². The Hall–Kier alpha value is -3.14. The van der Waals surface area contributed by atoms with Gasteiger partial charge in [-0.1, -0.05) is 0 Å². The van der Waals surface area contributed by atoms with E-state index in [2.05, 4.69) is 10.6 Å². The first-order valence-corrected chi connectivity index (χ1v) is 16.4. The molecule has 3 aliphatic carbocycles. The summed E-state index contributed by atoms with van der Waals surface area (Å²) in [7, 11) is -4.23. The maximum Gasteiger partial charge on any atom is 0.511 e. The first kappa shape index (κ1) is 33.2. The fraction of sp³-hybridized carbons (Fsp3) is 0.690. The lowest BCUT2D eigenvalue weighted by atomic mass is 9.75. The number of nitrogens with one attached hydrogen (secondary N) is 2. The standard InChI is InChI=1S/C29H37F4N3O8S/c1-28(27(39)40)8-5-18(6-9-28)44-22-12-19(21(43-2)13-20(22)30)25(37)35-24-16-4-3-15(11-16)23(24)26(38)34-17-7-10-36(14-17)45(41,42)29(31,32)33/h12-13,15-18,23-24H,3-11,14H2,1-2H3,(H,34,38)(H,35,37)(H,39,40)/t15-,16+,17+,18?,23+,24-,28?/m1/s1. The molecule has 3 N–H and O–H groups in total. The van der Waals surface area contributed by atoms with Gasteiger partial charge in [-0.05, 0) is 76.2 Å². The molecule has 1 heterocycles. The van der Waals surface area contributed by atoms with Crippen molar-refractivity contribution in [3.63, 3.8) is 0 Å². The van der Waals surface area contributed by atoms with Crippen LogP contribution in [0.4, 0.5) is 17.6 Å². The number of halogens is 4. The molecule has 2 amide bonds. The van der Waals surface area contributed by atoms with Crippen LogP contribution in [0.5, 0.6) is 11.5 Å². The van der Waals surface area contributed by atoms with Crippen molar-refractivity contribution >= 4 is 27.8 Å². The average Bonchev–Trinajstić information content (AvgIpc) is 3.71. The lowest BCUT2D eigenvalue weighted by Gasteiger charge is -2.34. The minimum absolute atomic E-state index is 0.0188. The van der Waals surface area contributed by atoms with Gasteiger partial charge in [-0.2, -0.15) is 17.5 Å². The minimum atomic E-state index is -5.51. The highest BCUT2D eigenvalue weighted by molar-refractivity contribution is 7.90. The molecule has 2 bridgehead atoms. The molecule has 45 heavy (non-hydrogen) atoms. The number of carbonyl (C=O) groups excluding carboxylic acids is 2. The molecule has 4 aliphatic rings. The van der Waals surface area contributed by atoms with Crippen molar-refractivity contribution in [3.8, 4) is 11.5 Å². The van der Waals surface area contributed by atoms with Gasteiger partial charge in [0, 0.05) is 31.2 Å².